The minimum absolute atomic E-state index is 0.0156. The molecule has 0 N–H and O–H groups in total. The van der Waals surface area contributed by atoms with Crippen LogP contribution in [-0.4, -0.2) is 28.5 Å². The van der Waals surface area contributed by atoms with Crippen LogP contribution in [0.4, 0.5) is 0 Å². The second kappa shape index (κ2) is 5.21. The van der Waals surface area contributed by atoms with E-state index in [0.717, 1.165) is 33.1 Å². The van der Waals surface area contributed by atoms with Gasteiger partial charge in [-0.15, -0.1) is 0 Å². The van der Waals surface area contributed by atoms with Crippen LogP contribution in [0.1, 0.15) is 24.3 Å². The standard InChI is InChI=1S/C18H21N3O/c1-11-10-12(2)19-17-16(11)14-8-6-7-9-15(14)18(22)21(17)13(3)20(4)5/h6-10,13H,1-5H3. The van der Waals surface area contributed by atoms with E-state index in [-0.39, 0.29) is 11.7 Å². The summed E-state index contributed by atoms with van der Waals surface area (Å²) < 4.78 is 1.80. The summed E-state index contributed by atoms with van der Waals surface area (Å²) in [5.41, 5.74) is 2.86. The molecule has 0 saturated heterocycles. The van der Waals surface area contributed by atoms with Gasteiger partial charge in [0.05, 0.1) is 6.17 Å². The van der Waals surface area contributed by atoms with Crippen molar-refractivity contribution in [1.29, 1.82) is 0 Å². The summed E-state index contributed by atoms with van der Waals surface area (Å²) in [5.74, 6) is 0. The number of aromatic nitrogens is 2. The third-order valence-corrected chi connectivity index (χ3v) is 4.32. The Morgan fingerprint density at radius 1 is 1.14 bits per heavy atom. The number of benzene rings is 1. The van der Waals surface area contributed by atoms with Crippen LogP contribution in [0.5, 0.6) is 0 Å². The molecule has 0 amide bonds. The predicted molar refractivity (Wildman–Crippen MR) is 91.4 cm³/mol. The van der Waals surface area contributed by atoms with Crippen molar-refractivity contribution in [2.45, 2.75) is 26.9 Å². The van der Waals surface area contributed by atoms with E-state index in [1.807, 2.05) is 57.1 Å². The van der Waals surface area contributed by atoms with Crippen molar-refractivity contribution in [2.24, 2.45) is 0 Å². The molecule has 22 heavy (non-hydrogen) atoms. The number of rotatable bonds is 2. The van der Waals surface area contributed by atoms with Gasteiger partial charge in [-0.2, -0.15) is 0 Å². The molecule has 0 saturated carbocycles. The molecule has 1 atom stereocenters. The summed E-state index contributed by atoms with van der Waals surface area (Å²) in [7, 11) is 3.95. The molecule has 1 aromatic carbocycles. The van der Waals surface area contributed by atoms with Gasteiger partial charge in [-0.05, 0) is 57.9 Å². The molecule has 2 heterocycles. The minimum atomic E-state index is -0.0618. The Morgan fingerprint density at radius 3 is 2.41 bits per heavy atom. The number of aryl methyl sites for hydroxylation is 2. The molecule has 1 unspecified atom stereocenters. The lowest BCUT2D eigenvalue weighted by atomic mass is 10.0. The Morgan fingerprint density at radius 2 is 1.77 bits per heavy atom. The maximum absolute atomic E-state index is 13.0. The van der Waals surface area contributed by atoms with Gasteiger partial charge in [-0.1, -0.05) is 18.2 Å². The van der Waals surface area contributed by atoms with E-state index in [4.69, 9.17) is 0 Å². The molecule has 0 spiro atoms. The summed E-state index contributed by atoms with van der Waals surface area (Å²) in [6.45, 7) is 6.07. The van der Waals surface area contributed by atoms with Crippen LogP contribution >= 0.6 is 0 Å². The van der Waals surface area contributed by atoms with Crippen LogP contribution in [0.2, 0.25) is 0 Å². The Bertz CT molecular complexity index is 925. The highest BCUT2D eigenvalue weighted by atomic mass is 16.1. The second-order valence-electron chi connectivity index (χ2n) is 6.10. The quantitative estimate of drug-likeness (QED) is 0.681. The molecule has 0 radical (unpaired) electrons. The molecule has 3 rings (SSSR count). The summed E-state index contributed by atoms with van der Waals surface area (Å²) in [6, 6.07) is 9.87. The molecular formula is C18H21N3O. The lowest BCUT2D eigenvalue weighted by molar-refractivity contribution is 0.239. The van der Waals surface area contributed by atoms with E-state index in [9.17, 15) is 4.79 Å². The zero-order valence-electron chi connectivity index (χ0n) is 13.7. The third-order valence-electron chi connectivity index (χ3n) is 4.32. The molecule has 0 fully saturated rings. The Labute approximate surface area is 130 Å². The fourth-order valence-electron chi connectivity index (χ4n) is 3.02. The van der Waals surface area contributed by atoms with Crippen molar-refractivity contribution in [3.8, 4) is 0 Å². The van der Waals surface area contributed by atoms with Crippen molar-refractivity contribution < 1.29 is 0 Å². The molecule has 3 aromatic rings. The first-order valence-electron chi connectivity index (χ1n) is 7.49. The molecule has 0 bridgehead atoms. The molecule has 0 aliphatic rings. The second-order valence-corrected chi connectivity index (χ2v) is 6.10. The first kappa shape index (κ1) is 14.7. The van der Waals surface area contributed by atoms with Gasteiger partial charge in [0.1, 0.15) is 5.65 Å². The van der Waals surface area contributed by atoms with Gasteiger partial charge in [0, 0.05) is 16.5 Å². The average Bonchev–Trinajstić information content (AvgIpc) is 2.46. The van der Waals surface area contributed by atoms with E-state index in [1.54, 1.807) is 4.57 Å². The van der Waals surface area contributed by atoms with Gasteiger partial charge in [-0.25, -0.2) is 4.98 Å². The van der Waals surface area contributed by atoms with Crippen LogP contribution in [-0.2, 0) is 0 Å². The largest absolute Gasteiger partial charge is 0.289 e. The zero-order valence-corrected chi connectivity index (χ0v) is 13.7. The van der Waals surface area contributed by atoms with Crippen molar-refractivity contribution in [1.82, 2.24) is 14.5 Å². The lowest BCUT2D eigenvalue weighted by Gasteiger charge is -2.25. The van der Waals surface area contributed by atoms with E-state index in [2.05, 4.69) is 18.0 Å². The summed E-state index contributed by atoms with van der Waals surface area (Å²) >= 11 is 0. The molecule has 114 valence electrons. The Hall–Kier alpha value is -2.20. The lowest BCUT2D eigenvalue weighted by Crippen LogP contribution is -2.32. The molecule has 4 heteroatoms. The van der Waals surface area contributed by atoms with Gasteiger partial charge in [0.25, 0.3) is 5.56 Å². The third kappa shape index (κ3) is 2.11. The fourth-order valence-corrected chi connectivity index (χ4v) is 3.02. The van der Waals surface area contributed by atoms with Crippen molar-refractivity contribution >= 4 is 21.8 Å². The van der Waals surface area contributed by atoms with Crippen molar-refractivity contribution in [3.63, 3.8) is 0 Å². The fraction of sp³-hybridized carbons (Fsp3) is 0.333. The minimum Gasteiger partial charge on any atom is -0.289 e. The topological polar surface area (TPSA) is 38.1 Å². The van der Waals surface area contributed by atoms with E-state index in [0.29, 0.717) is 0 Å². The molecule has 4 nitrogen and oxygen atoms in total. The number of hydrogen-bond donors (Lipinski definition) is 0. The van der Waals surface area contributed by atoms with Crippen LogP contribution in [0.25, 0.3) is 21.8 Å². The van der Waals surface area contributed by atoms with E-state index < -0.39 is 0 Å². The summed E-state index contributed by atoms with van der Waals surface area (Å²) in [4.78, 5) is 19.7. The number of pyridine rings is 2. The van der Waals surface area contributed by atoms with Gasteiger partial charge in [0.15, 0.2) is 0 Å². The number of nitrogens with zero attached hydrogens (tertiary/aromatic N) is 3. The predicted octanol–water partition coefficient (Wildman–Crippen LogP) is 3.25. The maximum atomic E-state index is 13.0. The Balaban J connectivity index is 2.62. The Kier molecular flexibility index (Phi) is 3.49. The summed E-state index contributed by atoms with van der Waals surface area (Å²) in [5, 5.41) is 2.79. The highest BCUT2D eigenvalue weighted by molar-refractivity contribution is 6.06. The van der Waals surface area contributed by atoms with Crippen LogP contribution < -0.4 is 5.56 Å². The number of hydrogen-bond acceptors (Lipinski definition) is 3. The van der Waals surface area contributed by atoms with E-state index >= 15 is 0 Å². The van der Waals surface area contributed by atoms with Gasteiger partial charge >= 0.3 is 0 Å². The molecular weight excluding hydrogens is 274 g/mol. The first-order valence-corrected chi connectivity index (χ1v) is 7.49. The smallest absolute Gasteiger partial charge is 0.261 e. The maximum Gasteiger partial charge on any atom is 0.261 e. The first-order chi connectivity index (χ1) is 10.4. The number of fused-ring (bicyclic) bond motifs is 3. The van der Waals surface area contributed by atoms with Crippen molar-refractivity contribution in [2.75, 3.05) is 14.1 Å². The van der Waals surface area contributed by atoms with Crippen molar-refractivity contribution in [3.05, 3.63) is 51.9 Å². The molecule has 2 aromatic heterocycles. The normalized spacial score (nSPS) is 13.2. The molecule has 0 aliphatic heterocycles. The highest BCUT2D eigenvalue weighted by Crippen LogP contribution is 2.27. The van der Waals surface area contributed by atoms with Crippen LogP contribution in [0.3, 0.4) is 0 Å². The van der Waals surface area contributed by atoms with E-state index in [1.165, 1.54) is 0 Å². The zero-order chi connectivity index (χ0) is 16.0. The monoisotopic (exact) mass is 295 g/mol. The highest BCUT2D eigenvalue weighted by Gasteiger charge is 2.18. The summed E-state index contributed by atoms with van der Waals surface area (Å²) in [6.07, 6.45) is -0.0618. The van der Waals surface area contributed by atoms with Gasteiger partial charge in [-0.3, -0.25) is 14.3 Å². The van der Waals surface area contributed by atoms with Crippen LogP contribution in [0.15, 0.2) is 35.1 Å². The van der Waals surface area contributed by atoms with Crippen LogP contribution in [0, 0.1) is 13.8 Å². The SMILES string of the molecule is Cc1cc(C)c2c3ccccc3c(=O)n(C(C)N(C)C)c2n1. The average molecular weight is 295 g/mol. The molecule has 0 aliphatic carbocycles. The van der Waals surface area contributed by atoms with Gasteiger partial charge < -0.3 is 0 Å². The van der Waals surface area contributed by atoms with Gasteiger partial charge in [0.2, 0.25) is 0 Å².